The molecule has 0 aliphatic heterocycles. The van der Waals surface area contributed by atoms with Gasteiger partial charge in [0.25, 0.3) is 0 Å². The van der Waals surface area contributed by atoms with Gasteiger partial charge in [0.15, 0.2) is 5.67 Å². The van der Waals surface area contributed by atoms with Gasteiger partial charge in [0.2, 0.25) is 0 Å². The fraction of sp³-hybridized carbons (Fsp3) is 0.778. The van der Waals surface area contributed by atoms with Crippen LogP contribution in [0.2, 0.25) is 0 Å². The fourth-order valence-electron chi connectivity index (χ4n) is 0.848. The summed E-state index contributed by atoms with van der Waals surface area (Å²) in [4.78, 5) is 20.9. The van der Waals surface area contributed by atoms with E-state index >= 15 is 0 Å². The van der Waals surface area contributed by atoms with Crippen LogP contribution >= 0.6 is 0 Å². The summed E-state index contributed by atoms with van der Waals surface area (Å²) in [5, 5.41) is 8.61. The number of alkyl halides is 1. The first kappa shape index (κ1) is 13.8. The maximum atomic E-state index is 13.8. The normalized spacial score (nSPS) is 10.9. The molecule has 0 aliphatic carbocycles. The molecule has 0 fully saturated rings. The van der Waals surface area contributed by atoms with E-state index in [9.17, 15) is 14.0 Å². The van der Waals surface area contributed by atoms with E-state index in [1.165, 1.54) is 0 Å². The van der Waals surface area contributed by atoms with Crippen molar-refractivity contribution in [2.45, 2.75) is 25.9 Å². The van der Waals surface area contributed by atoms with Gasteiger partial charge in [0.05, 0.1) is 0 Å². The summed E-state index contributed by atoms with van der Waals surface area (Å²) < 4.78 is 22.7. The highest BCUT2D eigenvalue weighted by Crippen LogP contribution is 2.17. The fourth-order valence-corrected chi connectivity index (χ4v) is 0.848. The van der Waals surface area contributed by atoms with Crippen LogP contribution in [0.15, 0.2) is 0 Å². The standard InChI is InChI=1S/C9H15FO5/c1-7(12)14-5-9(10,3-4-11)6-15-8(2)13/h11H,3-6H2,1-2H3. The second kappa shape index (κ2) is 6.34. The molecule has 0 unspecified atom stereocenters. The Morgan fingerprint density at radius 2 is 1.60 bits per heavy atom. The van der Waals surface area contributed by atoms with Crippen LogP contribution in [0.25, 0.3) is 0 Å². The number of carbonyl (C=O) groups is 2. The lowest BCUT2D eigenvalue weighted by atomic mass is 10.1. The maximum absolute atomic E-state index is 13.8. The number of ether oxygens (including phenoxy) is 2. The Hall–Kier alpha value is -1.17. The molecule has 0 aromatic heterocycles. The van der Waals surface area contributed by atoms with E-state index in [2.05, 4.69) is 9.47 Å². The van der Waals surface area contributed by atoms with Crippen molar-refractivity contribution in [2.24, 2.45) is 0 Å². The van der Waals surface area contributed by atoms with Crippen molar-refractivity contribution in [2.75, 3.05) is 19.8 Å². The molecule has 0 atom stereocenters. The number of esters is 2. The third kappa shape index (κ3) is 6.84. The van der Waals surface area contributed by atoms with Crippen LogP contribution in [0.4, 0.5) is 4.39 Å². The number of hydrogen-bond donors (Lipinski definition) is 1. The van der Waals surface area contributed by atoms with E-state index < -0.39 is 37.4 Å². The first-order valence-corrected chi connectivity index (χ1v) is 4.46. The number of carbonyl (C=O) groups excluding carboxylic acids is 2. The molecule has 1 N–H and O–H groups in total. The molecule has 6 heteroatoms. The zero-order valence-corrected chi connectivity index (χ0v) is 8.79. The number of hydrogen-bond acceptors (Lipinski definition) is 5. The van der Waals surface area contributed by atoms with Crippen LogP contribution in [-0.2, 0) is 19.1 Å². The summed E-state index contributed by atoms with van der Waals surface area (Å²) in [5.41, 5.74) is -2.02. The van der Waals surface area contributed by atoms with Gasteiger partial charge in [-0.05, 0) is 0 Å². The Kier molecular flexibility index (Phi) is 5.84. The number of rotatable bonds is 6. The van der Waals surface area contributed by atoms with E-state index in [-0.39, 0.29) is 6.42 Å². The van der Waals surface area contributed by atoms with Gasteiger partial charge in [0.1, 0.15) is 13.2 Å². The zero-order chi connectivity index (χ0) is 11.9. The van der Waals surface area contributed by atoms with Gasteiger partial charge < -0.3 is 14.6 Å². The Bertz CT molecular complexity index is 211. The van der Waals surface area contributed by atoms with Crippen molar-refractivity contribution in [3.63, 3.8) is 0 Å². The summed E-state index contributed by atoms with van der Waals surface area (Å²) in [5.74, 6) is -1.25. The van der Waals surface area contributed by atoms with Crippen molar-refractivity contribution in [1.29, 1.82) is 0 Å². The van der Waals surface area contributed by atoms with E-state index in [4.69, 9.17) is 5.11 Å². The van der Waals surface area contributed by atoms with Gasteiger partial charge in [-0.1, -0.05) is 0 Å². The minimum Gasteiger partial charge on any atom is -0.462 e. The van der Waals surface area contributed by atoms with Gasteiger partial charge in [-0.3, -0.25) is 9.59 Å². The van der Waals surface area contributed by atoms with Crippen LogP contribution in [0.3, 0.4) is 0 Å². The van der Waals surface area contributed by atoms with Crippen LogP contribution in [0, 0.1) is 0 Å². The summed E-state index contributed by atoms with van der Waals surface area (Å²) in [6.45, 7) is 0.807. The lowest BCUT2D eigenvalue weighted by Gasteiger charge is -2.23. The average molecular weight is 222 g/mol. The molecule has 5 nitrogen and oxygen atoms in total. The maximum Gasteiger partial charge on any atom is 0.302 e. The monoisotopic (exact) mass is 222 g/mol. The number of aliphatic hydroxyl groups is 1. The van der Waals surface area contributed by atoms with Gasteiger partial charge >= 0.3 is 11.9 Å². The second-order valence-electron chi connectivity index (χ2n) is 3.19. The topological polar surface area (TPSA) is 72.8 Å². The summed E-state index contributed by atoms with van der Waals surface area (Å²) in [7, 11) is 0. The quantitative estimate of drug-likeness (QED) is 0.650. The molecule has 0 aliphatic rings. The molecule has 0 aromatic carbocycles. The van der Waals surface area contributed by atoms with E-state index in [1.807, 2.05) is 0 Å². The van der Waals surface area contributed by atoms with E-state index in [1.54, 1.807) is 0 Å². The third-order valence-corrected chi connectivity index (χ3v) is 1.63. The van der Waals surface area contributed by atoms with Crippen molar-refractivity contribution >= 4 is 11.9 Å². The Labute approximate surface area is 87.2 Å². The van der Waals surface area contributed by atoms with Gasteiger partial charge in [-0.15, -0.1) is 0 Å². The van der Waals surface area contributed by atoms with E-state index in [0.29, 0.717) is 0 Å². The summed E-state index contributed by atoms with van der Waals surface area (Å²) in [6.07, 6.45) is -0.256. The Morgan fingerprint density at radius 3 is 1.87 bits per heavy atom. The van der Waals surface area contributed by atoms with Gasteiger partial charge in [0, 0.05) is 26.9 Å². The van der Waals surface area contributed by atoms with E-state index in [0.717, 1.165) is 13.8 Å². The highest BCUT2D eigenvalue weighted by Gasteiger charge is 2.32. The molecule has 0 saturated heterocycles. The summed E-state index contributed by atoms with van der Waals surface area (Å²) in [6, 6.07) is 0. The lowest BCUT2D eigenvalue weighted by Crippen LogP contribution is -2.37. The largest absolute Gasteiger partial charge is 0.462 e. The predicted octanol–water partition coefficient (Wildman–Crippen LogP) is 0.203. The van der Waals surface area contributed by atoms with Gasteiger partial charge in [-0.25, -0.2) is 4.39 Å². The first-order valence-electron chi connectivity index (χ1n) is 4.46. The van der Waals surface area contributed by atoms with Crippen molar-refractivity contribution < 1.29 is 28.6 Å². The SMILES string of the molecule is CC(=O)OCC(F)(CCO)COC(C)=O. The molecular formula is C9H15FO5. The number of aliphatic hydroxyl groups excluding tert-OH is 1. The number of halogens is 1. The third-order valence-electron chi connectivity index (χ3n) is 1.63. The molecule has 0 radical (unpaired) electrons. The highest BCUT2D eigenvalue weighted by molar-refractivity contribution is 5.66. The summed E-state index contributed by atoms with van der Waals surface area (Å²) >= 11 is 0. The van der Waals surface area contributed by atoms with Crippen LogP contribution in [0.1, 0.15) is 20.3 Å². The van der Waals surface area contributed by atoms with Gasteiger partial charge in [-0.2, -0.15) is 0 Å². The smallest absolute Gasteiger partial charge is 0.302 e. The lowest BCUT2D eigenvalue weighted by molar-refractivity contribution is -0.154. The molecule has 0 aromatic rings. The molecule has 0 heterocycles. The van der Waals surface area contributed by atoms with Crippen LogP contribution in [0.5, 0.6) is 0 Å². The molecule has 88 valence electrons. The second-order valence-corrected chi connectivity index (χ2v) is 3.19. The first-order chi connectivity index (χ1) is 6.89. The average Bonchev–Trinajstić information content (AvgIpc) is 2.13. The highest BCUT2D eigenvalue weighted by atomic mass is 19.1. The predicted molar refractivity (Wildman–Crippen MR) is 48.8 cm³/mol. The minimum absolute atomic E-state index is 0.256. The molecule has 0 amide bonds. The Morgan fingerprint density at radius 1 is 1.20 bits per heavy atom. The zero-order valence-electron chi connectivity index (χ0n) is 8.79. The molecule has 0 rings (SSSR count). The molecule has 0 spiro atoms. The van der Waals surface area contributed by atoms with Crippen molar-refractivity contribution in [3.05, 3.63) is 0 Å². The molecule has 0 saturated carbocycles. The van der Waals surface area contributed by atoms with Crippen LogP contribution in [-0.4, -0.2) is 42.5 Å². The van der Waals surface area contributed by atoms with Crippen LogP contribution < -0.4 is 0 Å². The minimum atomic E-state index is -2.02. The van der Waals surface area contributed by atoms with Crippen molar-refractivity contribution in [3.8, 4) is 0 Å². The molecule has 0 bridgehead atoms. The molecular weight excluding hydrogens is 207 g/mol. The Balaban J connectivity index is 4.17. The molecule has 15 heavy (non-hydrogen) atoms. The van der Waals surface area contributed by atoms with Crippen molar-refractivity contribution in [1.82, 2.24) is 0 Å².